The number of rotatable bonds is 9. The van der Waals surface area contributed by atoms with Crippen LogP contribution in [0, 0.1) is 0 Å². The van der Waals surface area contributed by atoms with Crippen molar-refractivity contribution < 1.29 is 32.6 Å². The highest BCUT2D eigenvalue weighted by molar-refractivity contribution is 7.89. The van der Waals surface area contributed by atoms with Crippen LogP contribution in [0.15, 0.2) is 47.4 Å². The third-order valence-electron chi connectivity index (χ3n) is 3.74. The van der Waals surface area contributed by atoms with E-state index in [0.717, 1.165) is 17.7 Å². The summed E-state index contributed by atoms with van der Waals surface area (Å²) in [5, 5.41) is 8.41. The van der Waals surface area contributed by atoms with Gasteiger partial charge in [-0.3, -0.25) is 9.59 Å². The van der Waals surface area contributed by atoms with Gasteiger partial charge in [0, 0.05) is 10.6 Å². The lowest BCUT2D eigenvalue weighted by Gasteiger charge is -2.14. The van der Waals surface area contributed by atoms with Crippen molar-refractivity contribution in [1.29, 1.82) is 0 Å². The molecule has 1 unspecified atom stereocenters. The van der Waals surface area contributed by atoms with Crippen LogP contribution in [-0.4, -0.2) is 38.3 Å². The lowest BCUT2D eigenvalue weighted by Crippen LogP contribution is -2.31. The Morgan fingerprint density at radius 1 is 1.14 bits per heavy atom. The van der Waals surface area contributed by atoms with Gasteiger partial charge in [-0.1, -0.05) is 53.5 Å². The van der Waals surface area contributed by atoms with Gasteiger partial charge in [0.05, 0.1) is 5.02 Å². The van der Waals surface area contributed by atoms with E-state index in [4.69, 9.17) is 33.0 Å². The van der Waals surface area contributed by atoms with E-state index in [-0.39, 0.29) is 23.5 Å². The van der Waals surface area contributed by atoms with Crippen LogP contribution >= 0.6 is 23.2 Å². The van der Waals surface area contributed by atoms with E-state index in [0.29, 0.717) is 0 Å². The van der Waals surface area contributed by atoms with Crippen LogP contribution in [0.2, 0.25) is 10.0 Å². The molecule has 0 bridgehead atoms. The standard InChI is InChI=1S/C18H15Cl2NO7S/c19-13-6-7-14(17(20)16(13)12(9-22)18(24)25)29(26,27)21-8-15(23)28-10-11-4-2-1-3-5-11/h1-7,9,12,21H,8,10H2,(H,24,25). The number of carboxylic acid groups (broad SMARTS) is 1. The summed E-state index contributed by atoms with van der Waals surface area (Å²) >= 11 is 11.9. The summed E-state index contributed by atoms with van der Waals surface area (Å²) < 4.78 is 32.0. The number of carbonyl (C=O) groups is 3. The number of aldehydes is 1. The molecule has 0 saturated heterocycles. The van der Waals surface area contributed by atoms with Crippen molar-refractivity contribution in [3.63, 3.8) is 0 Å². The highest BCUT2D eigenvalue weighted by atomic mass is 35.5. The van der Waals surface area contributed by atoms with Gasteiger partial charge < -0.3 is 14.6 Å². The molecule has 0 heterocycles. The van der Waals surface area contributed by atoms with E-state index < -0.39 is 44.3 Å². The zero-order valence-corrected chi connectivity index (χ0v) is 17.0. The Labute approximate surface area is 176 Å². The molecule has 29 heavy (non-hydrogen) atoms. The highest BCUT2D eigenvalue weighted by Crippen LogP contribution is 2.35. The van der Waals surface area contributed by atoms with Crippen LogP contribution in [0.1, 0.15) is 17.0 Å². The van der Waals surface area contributed by atoms with Crippen molar-refractivity contribution in [2.24, 2.45) is 0 Å². The quantitative estimate of drug-likeness (QED) is 0.334. The van der Waals surface area contributed by atoms with Crippen molar-refractivity contribution in [3.8, 4) is 0 Å². The number of benzene rings is 2. The monoisotopic (exact) mass is 459 g/mol. The smallest absolute Gasteiger partial charge is 0.321 e. The topological polar surface area (TPSA) is 127 Å². The average molecular weight is 460 g/mol. The maximum absolute atomic E-state index is 12.5. The van der Waals surface area contributed by atoms with Crippen LogP contribution in [-0.2, 0) is 35.8 Å². The SMILES string of the molecule is O=CC(C(=O)O)c1c(Cl)ccc(S(=O)(=O)NCC(=O)OCc2ccccc2)c1Cl. The zero-order valence-electron chi connectivity index (χ0n) is 14.7. The van der Waals surface area contributed by atoms with Gasteiger partial charge in [0.25, 0.3) is 0 Å². The minimum atomic E-state index is -4.33. The van der Waals surface area contributed by atoms with Gasteiger partial charge in [0.15, 0.2) is 0 Å². The minimum Gasteiger partial charge on any atom is -0.480 e. The molecule has 2 N–H and O–H groups in total. The molecule has 154 valence electrons. The van der Waals surface area contributed by atoms with Gasteiger partial charge in [-0.2, -0.15) is 4.72 Å². The van der Waals surface area contributed by atoms with E-state index in [1.807, 2.05) is 4.72 Å². The molecule has 0 fully saturated rings. The van der Waals surface area contributed by atoms with Crippen LogP contribution < -0.4 is 4.72 Å². The van der Waals surface area contributed by atoms with Crippen LogP contribution in [0.3, 0.4) is 0 Å². The van der Waals surface area contributed by atoms with Crippen molar-refractivity contribution in [3.05, 3.63) is 63.6 Å². The van der Waals surface area contributed by atoms with E-state index in [9.17, 15) is 22.8 Å². The minimum absolute atomic E-state index is 0.0348. The summed E-state index contributed by atoms with van der Waals surface area (Å²) in [6, 6.07) is 10.9. The molecule has 0 aromatic heterocycles. The van der Waals surface area contributed by atoms with Crippen LogP contribution in [0.25, 0.3) is 0 Å². The van der Waals surface area contributed by atoms with Gasteiger partial charge >= 0.3 is 11.9 Å². The summed E-state index contributed by atoms with van der Waals surface area (Å²) in [7, 11) is -4.33. The molecule has 2 aromatic carbocycles. The maximum Gasteiger partial charge on any atom is 0.321 e. The number of hydrogen-bond acceptors (Lipinski definition) is 6. The molecule has 8 nitrogen and oxygen atoms in total. The van der Waals surface area contributed by atoms with Crippen molar-refractivity contribution >= 4 is 51.4 Å². The third-order valence-corrected chi connectivity index (χ3v) is 6.04. The first-order valence-corrected chi connectivity index (χ1v) is 10.3. The van der Waals surface area contributed by atoms with Crippen LogP contribution in [0.5, 0.6) is 0 Å². The first-order chi connectivity index (χ1) is 13.7. The number of ether oxygens (including phenoxy) is 1. The van der Waals surface area contributed by atoms with Crippen molar-refractivity contribution in [2.45, 2.75) is 17.4 Å². The fourth-order valence-electron chi connectivity index (χ4n) is 2.31. The number of carboxylic acids is 1. The maximum atomic E-state index is 12.5. The predicted molar refractivity (Wildman–Crippen MR) is 104 cm³/mol. The first-order valence-electron chi connectivity index (χ1n) is 8.02. The van der Waals surface area contributed by atoms with Gasteiger partial charge in [-0.05, 0) is 17.7 Å². The summed E-state index contributed by atoms with van der Waals surface area (Å²) in [4.78, 5) is 33.6. The van der Waals surface area contributed by atoms with E-state index >= 15 is 0 Å². The fourth-order valence-corrected chi connectivity index (χ4v) is 4.28. The van der Waals surface area contributed by atoms with Crippen molar-refractivity contribution in [2.75, 3.05) is 6.54 Å². The second-order valence-corrected chi connectivity index (χ2v) is 8.22. The Kier molecular flexibility index (Phi) is 7.74. The molecule has 0 saturated carbocycles. The van der Waals surface area contributed by atoms with Crippen molar-refractivity contribution in [1.82, 2.24) is 4.72 Å². The molecule has 2 rings (SSSR count). The third kappa shape index (κ3) is 5.77. The summed E-state index contributed by atoms with van der Waals surface area (Å²) in [5.41, 5.74) is 0.369. The summed E-state index contributed by atoms with van der Waals surface area (Å²) in [6.45, 7) is -0.716. The molecular formula is C18H15Cl2NO7S. The highest BCUT2D eigenvalue weighted by Gasteiger charge is 2.29. The molecule has 0 radical (unpaired) electrons. The van der Waals surface area contributed by atoms with Gasteiger partial charge in [-0.15, -0.1) is 0 Å². The molecule has 0 spiro atoms. The molecule has 2 aromatic rings. The lowest BCUT2D eigenvalue weighted by atomic mass is 10.0. The largest absolute Gasteiger partial charge is 0.480 e. The fraction of sp³-hybridized carbons (Fsp3) is 0.167. The molecule has 1 atom stereocenters. The van der Waals surface area contributed by atoms with E-state index in [1.165, 1.54) is 0 Å². The Balaban J connectivity index is 2.15. The molecule has 11 heteroatoms. The molecular weight excluding hydrogens is 445 g/mol. The summed E-state index contributed by atoms with van der Waals surface area (Å²) in [5.74, 6) is -4.13. The Hall–Kier alpha value is -2.46. The van der Waals surface area contributed by atoms with E-state index in [2.05, 4.69) is 0 Å². The molecule has 0 aliphatic carbocycles. The number of hydrogen-bond donors (Lipinski definition) is 2. The Morgan fingerprint density at radius 2 is 1.79 bits per heavy atom. The van der Waals surface area contributed by atoms with Gasteiger partial charge in [-0.25, -0.2) is 8.42 Å². The first kappa shape index (κ1) is 22.8. The number of nitrogens with one attached hydrogen (secondary N) is 1. The number of sulfonamides is 1. The van der Waals surface area contributed by atoms with Gasteiger partial charge in [0.1, 0.15) is 30.3 Å². The molecule has 0 amide bonds. The molecule has 0 aliphatic heterocycles. The Morgan fingerprint density at radius 3 is 2.38 bits per heavy atom. The van der Waals surface area contributed by atoms with Crippen LogP contribution in [0.4, 0.5) is 0 Å². The lowest BCUT2D eigenvalue weighted by molar-refractivity contribution is -0.143. The Bertz CT molecular complexity index is 1030. The number of carbonyl (C=O) groups excluding carboxylic acids is 2. The number of halogens is 2. The van der Waals surface area contributed by atoms with E-state index in [1.54, 1.807) is 30.3 Å². The molecule has 0 aliphatic rings. The average Bonchev–Trinajstić information content (AvgIpc) is 2.68. The van der Waals surface area contributed by atoms with Gasteiger partial charge in [0.2, 0.25) is 10.0 Å². The second kappa shape index (κ2) is 9.84. The normalized spacial score (nSPS) is 12.2. The number of aliphatic carboxylic acids is 1. The predicted octanol–water partition coefficient (Wildman–Crippen LogP) is 2.38. The zero-order chi connectivity index (χ0) is 21.6. The summed E-state index contributed by atoms with van der Waals surface area (Å²) in [6.07, 6.45) is 0.0835. The number of esters is 1. The second-order valence-electron chi connectivity index (χ2n) is 5.70.